The van der Waals surface area contributed by atoms with Crippen LogP contribution >= 0.6 is 0 Å². The fourth-order valence-electron chi connectivity index (χ4n) is 5.00. The molecule has 9 nitrogen and oxygen atoms in total. The maximum atomic E-state index is 12.7. The molecule has 0 aromatic heterocycles. The van der Waals surface area contributed by atoms with Crippen LogP contribution in [0.4, 0.5) is 0 Å². The average molecular weight is 600 g/mol. The van der Waals surface area contributed by atoms with E-state index in [1.54, 1.807) is 0 Å². The topological polar surface area (TPSA) is 149 Å². The number of allylic oxidation sites excluding steroid dienone is 4. The van der Waals surface area contributed by atoms with Crippen LogP contribution in [0.25, 0.3) is 0 Å². The highest BCUT2D eigenvalue weighted by Gasteiger charge is 2.44. The fraction of sp³-hybridized carbons (Fsp3) is 0.848. The fourth-order valence-corrected chi connectivity index (χ4v) is 5.00. The Morgan fingerprint density at radius 1 is 0.810 bits per heavy atom. The van der Waals surface area contributed by atoms with Crippen LogP contribution in [0.5, 0.6) is 0 Å². The van der Waals surface area contributed by atoms with Gasteiger partial charge in [-0.25, -0.2) is 0 Å². The summed E-state index contributed by atoms with van der Waals surface area (Å²) in [6.45, 7) is 3.65. The Bertz CT molecular complexity index is 716. The SMILES string of the molecule is CCCC/C=C\C/C=C\CCCCCCCC(=O)NC(COC1OC(CO)C(O)C(O)C1O)C(O)CCCCCCC. The normalized spacial score (nSPS) is 24.4. The van der Waals surface area contributed by atoms with E-state index in [9.17, 15) is 30.3 Å². The van der Waals surface area contributed by atoms with E-state index in [2.05, 4.69) is 43.5 Å². The van der Waals surface area contributed by atoms with Gasteiger partial charge in [0.25, 0.3) is 0 Å². The molecule has 1 rings (SSSR count). The molecule has 1 heterocycles. The van der Waals surface area contributed by atoms with Gasteiger partial charge in [-0.15, -0.1) is 0 Å². The molecule has 0 bridgehead atoms. The number of aliphatic hydroxyl groups is 5. The second-order valence-electron chi connectivity index (χ2n) is 11.6. The van der Waals surface area contributed by atoms with Crippen molar-refractivity contribution in [1.82, 2.24) is 5.32 Å². The van der Waals surface area contributed by atoms with Gasteiger partial charge in [0.2, 0.25) is 5.91 Å². The molecule has 0 aromatic carbocycles. The molecule has 0 radical (unpaired) electrons. The molecule has 6 N–H and O–H groups in total. The van der Waals surface area contributed by atoms with Crippen molar-refractivity contribution in [3.05, 3.63) is 24.3 Å². The highest BCUT2D eigenvalue weighted by Crippen LogP contribution is 2.22. The van der Waals surface area contributed by atoms with E-state index in [1.807, 2.05) is 0 Å². The van der Waals surface area contributed by atoms with Crippen LogP contribution in [0.1, 0.15) is 123 Å². The van der Waals surface area contributed by atoms with E-state index in [-0.39, 0.29) is 12.5 Å². The predicted octanol–water partition coefficient (Wildman–Crippen LogP) is 4.43. The zero-order chi connectivity index (χ0) is 31.0. The number of hydrogen-bond acceptors (Lipinski definition) is 8. The van der Waals surface area contributed by atoms with Gasteiger partial charge < -0.3 is 40.3 Å². The number of hydrogen-bond donors (Lipinski definition) is 6. The zero-order valence-corrected chi connectivity index (χ0v) is 26.2. The molecule has 7 atom stereocenters. The Balaban J connectivity index is 2.42. The Hall–Kier alpha value is -1.33. The maximum absolute atomic E-state index is 12.7. The standard InChI is InChI=1S/C33H61NO8/c1-3-5-7-9-10-11-12-13-14-15-16-17-19-21-23-29(37)34-26(27(36)22-20-18-8-6-4-2)25-41-33-32(40)31(39)30(38)28(24-35)42-33/h9-10,12-13,26-28,30-33,35-36,38-40H,3-8,11,14-25H2,1-2H3,(H,34,37)/b10-9-,13-12-. The van der Waals surface area contributed by atoms with Crippen molar-refractivity contribution in [3.8, 4) is 0 Å². The first-order valence-electron chi connectivity index (χ1n) is 16.5. The molecule has 1 fully saturated rings. The Morgan fingerprint density at radius 3 is 2.12 bits per heavy atom. The van der Waals surface area contributed by atoms with Gasteiger partial charge >= 0.3 is 0 Å². The number of amides is 1. The summed E-state index contributed by atoms with van der Waals surface area (Å²) in [5.41, 5.74) is 0. The lowest BCUT2D eigenvalue weighted by molar-refractivity contribution is -0.302. The van der Waals surface area contributed by atoms with Crippen LogP contribution in [0, 0.1) is 0 Å². The third-order valence-electron chi connectivity index (χ3n) is 7.81. The van der Waals surface area contributed by atoms with Crippen molar-refractivity contribution in [1.29, 1.82) is 0 Å². The Labute approximate surface area is 254 Å². The molecule has 0 saturated carbocycles. The lowest BCUT2D eigenvalue weighted by atomic mass is 9.99. The molecule has 1 saturated heterocycles. The summed E-state index contributed by atoms with van der Waals surface area (Å²) in [4.78, 5) is 12.7. The van der Waals surface area contributed by atoms with Gasteiger partial charge in [-0.3, -0.25) is 4.79 Å². The predicted molar refractivity (Wildman–Crippen MR) is 166 cm³/mol. The van der Waals surface area contributed by atoms with E-state index in [1.165, 1.54) is 19.3 Å². The van der Waals surface area contributed by atoms with Gasteiger partial charge in [0.1, 0.15) is 24.4 Å². The molecule has 9 heteroatoms. The largest absolute Gasteiger partial charge is 0.394 e. The number of carbonyl (C=O) groups is 1. The van der Waals surface area contributed by atoms with Crippen LogP contribution < -0.4 is 5.32 Å². The average Bonchev–Trinajstić information content (AvgIpc) is 2.98. The molecule has 0 aromatic rings. The monoisotopic (exact) mass is 599 g/mol. The number of aliphatic hydroxyl groups excluding tert-OH is 5. The van der Waals surface area contributed by atoms with Gasteiger partial charge in [-0.1, -0.05) is 102 Å². The third kappa shape index (κ3) is 17.1. The lowest BCUT2D eigenvalue weighted by Gasteiger charge is -2.40. The molecule has 1 amide bonds. The molecule has 1 aliphatic heterocycles. The zero-order valence-electron chi connectivity index (χ0n) is 26.2. The smallest absolute Gasteiger partial charge is 0.220 e. The van der Waals surface area contributed by atoms with Crippen LogP contribution in [0.2, 0.25) is 0 Å². The van der Waals surface area contributed by atoms with E-state index >= 15 is 0 Å². The minimum absolute atomic E-state index is 0.146. The van der Waals surface area contributed by atoms with Crippen molar-refractivity contribution in [2.24, 2.45) is 0 Å². The molecule has 0 spiro atoms. The van der Waals surface area contributed by atoms with Crippen molar-refractivity contribution in [2.45, 2.75) is 166 Å². The van der Waals surface area contributed by atoms with E-state index in [0.717, 1.165) is 77.0 Å². The number of unbranched alkanes of at least 4 members (excludes halogenated alkanes) is 11. The summed E-state index contributed by atoms with van der Waals surface area (Å²) in [5.74, 6) is -0.169. The number of rotatable bonds is 25. The van der Waals surface area contributed by atoms with Crippen LogP contribution in [0.15, 0.2) is 24.3 Å². The van der Waals surface area contributed by atoms with Crippen LogP contribution in [-0.2, 0) is 14.3 Å². The summed E-state index contributed by atoms with van der Waals surface area (Å²) < 4.78 is 11.1. The highest BCUT2D eigenvalue weighted by atomic mass is 16.7. The van der Waals surface area contributed by atoms with Crippen molar-refractivity contribution in [3.63, 3.8) is 0 Å². The van der Waals surface area contributed by atoms with Gasteiger partial charge in [-0.05, 0) is 38.5 Å². The second kappa shape index (κ2) is 25.0. The summed E-state index contributed by atoms with van der Waals surface area (Å²) >= 11 is 0. The van der Waals surface area contributed by atoms with Gasteiger partial charge in [-0.2, -0.15) is 0 Å². The Morgan fingerprint density at radius 2 is 1.43 bits per heavy atom. The first-order chi connectivity index (χ1) is 20.3. The molecule has 246 valence electrons. The van der Waals surface area contributed by atoms with E-state index in [4.69, 9.17) is 9.47 Å². The molecule has 1 aliphatic rings. The minimum Gasteiger partial charge on any atom is -0.394 e. The summed E-state index contributed by atoms with van der Waals surface area (Å²) in [5, 5.41) is 53.5. The van der Waals surface area contributed by atoms with Crippen LogP contribution in [-0.4, -0.2) is 87.5 Å². The second-order valence-corrected chi connectivity index (χ2v) is 11.6. The number of carbonyl (C=O) groups excluding carboxylic acids is 1. The van der Waals surface area contributed by atoms with Gasteiger partial charge in [0.05, 0.1) is 25.4 Å². The molecule has 7 unspecified atom stereocenters. The van der Waals surface area contributed by atoms with Crippen molar-refractivity contribution in [2.75, 3.05) is 13.2 Å². The van der Waals surface area contributed by atoms with Gasteiger partial charge in [0, 0.05) is 6.42 Å². The van der Waals surface area contributed by atoms with Crippen molar-refractivity contribution >= 4 is 5.91 Å². The first-order valence-corrected chi connectivity index (χ1v) is 16.5. The van der Waals surface area contributed by atoms with E-state index in [0.29, 0.717) is 12.8 Å². The minimum atomic E-state index is -1.55. The molecule has 42 heavy (non-hydrogen) atoms. The van der Waals surface area contributed by atoms with Crippen molar-refractivity contribution < 1.29 is 39.8 Å². The third-order valence-corrected chi connectivity index (χ3v) is 7.81. The maximum Gasteiger partial charge on any atom is 0.220 e. The summed E-state index contributed by atoms with van der Waals surface area (Å²) in [7, 11) is 0. The first kappa shape index (κ1) is 38.7. The summed E-state index contributed by atoms with van der Waals surface area (Å²) in [6, 6.07) is -0.718. The quantitative estimate of drug-likeness (QED) is 0.0667. The summed E-state index contributed by atoms with van der Waals surface area (Å²) in [6.07, 6.45) is 18.0. The van der Waals surface area contributed by atoms with Gasteiger partial charge in [0.15, 0.2) is 6.29 Å². The highest BCUT2D eigenvalue weighted by molar-refractivity contribution is 5.76. The molecule has 0 aliphatic carbocycles. The van der Waals surface area contributed by atoms with Crippen LogP contribution in [0.3, 0.4) is 0 Å². The Kier molecular flexibility index (Phi) is 23.1. The number of nitrogens with one attached hydrogen (secondary N) is 1. The molecular formula is C33H61NO8. The molecular weight excluding hydrogens is 538 g/mol. The van der Waals surface area contributed by atoms with E-state index < -0.39 is 49.5 Å². The number of ether oxygens (including phenoxy) is 2. The lowest BCUT2D eigenvalue weighted by Crippen LogP contribution is -2.60.